The summed E-state index contributed by atoms with van der Waals surface area (Å²) in [4.78, 5) is 23.4. The lowest BCUT2D eigenvalue weighted by Gasteiger charge is -2.20. The van der Waals surface area contributed by atoms with E-state index in [1.807, 2.05) is 6.07 Å². The minimum Gasteiger partial charge on any atom is -0.496 e. The fourth-order valence-corrected chi connectivity index (χ4v) is 3.13. The van der Waals surface area contributed by atoms with Crippen LogP contribution in [0, 0.1) is 6.92 Å². The maximum atomic E-state index is 12.0. The summed E-state index contributed by atoms with van der Waals surface area (Å²) in [5, 5.41) is 12.5. The molecule has 0 spiro atoms. The Morgan fingerprint density at radius 2 is 1.86 bits per heavy atom. The van der Waals surface area contributed by atoms with E-state index in [4.69, 9.17) is 21.1 Å². The Labute approximate surface area is 169 Å². The van der Waals surface area contributed by atoms with Crippen molar-refractivity contribution in [2.24, 2.45) is 0 Å². The molecule has 0 unspecified atom stereocenters. The van der Waals surface area contributed by atoms with Crippen LogP contribution < -0.4 is 10.1 Å². The van der Waals surface area contributed by atoms with E-state index >= 15 is 0 Å². The third-order valence-electron chi connectivity index (χ3n) is 4.04. The third kappa shape index (κ3) is 5.16. The first-order valence-electron chi connectivity index (χ1n) is 8.70. The Morgan fingerprint density at radius 3 is 2.43 bits per heavy atom. The predicted molar refractivity (Wildman–Crippen MR) is 108 cm³/mol. The van der Waals surface area contributed by atoms with E-state index in [1.165, 1.54) is 13.2 Å². The molecule has 0 aliphatic carbocycles. The first-order valence-corrected chi connectivity index (χ1v) is 9.08. The second kappa shape index (κ2) is 8.52. The fraction of sp³-hybridized carbons (Fsp3) is 0.333. The van der Waals surface area contributed by atoms with Gasteiger partial charge in [-0.25, -0.2) is 9.59 Å². The minimum absolute atomic E-state index is 0.182. The molecular formula is C21H24ClNO5. The molecule has 0 saturated carbocycles. The summed E-state index contributed by atoms with van der Waals surface area (Å²) in [5.74, 6) is -0.432. The molecule has 0 fully saturated rings. The van der Waals surface area contributed by atoms with Gasteiger partial charge in [0.2, 0.25) is 0 Å². The first-order chi connectivity index (χ1) is 13.0. The third-order valence-corrected chi connectivity index (χ3v) is 4.35. The summed E-state index contributed by atoms with van der Waals surface area (Å²) in [6, 6.07) is 8.42. The van der Waals surface area contributed by atoms with Gasteiger partial charge in [0.25, 0.3) is 0 Å². The molecule has 2 aromatic rings. The van der Waals surface area contributed by atoms with Crippen molar-refractivity contribution < 1.29 is 24.2 Å². The zero-order valence-corrected chi connectivity index (χ0v) is 17.3. The van der Waals surface area contributed by atoms with Gasteiger partial charge in [-0.05, 0) is 63.1 Å². The maximum Gasteiger partial charge on any atom is 0.407 e. The van der Waals surface area contributed by atoms with Crippen LogP contribution >= 0.6 is 11.6 Å². The van der Waals surface area contributed by atoms with Gasteiger partial charge in [-0.2, -0.15) is 0 Å². The van der Waals surface area contributed by atoms with Crippen LogP contribution in [0.15, 0.2) is 30.3 Å². The SMILES string of the molecule is COc1ccc(-c2c(Cl)ccc(C(=O)O)c2C)cc1CNC(=O)OC(C)(C)C. The number of hydrogen-bond acceptors (Lipinski definition) is 4. The van der Waals surface area contributed by atoms with Gasteiger partial charge in [0.1, 0.15) is 11.4 Å². The van der Waals surface area contributed by atoms with E-state index in [1.54, 1.807) is 45.9 Å². The van der Waals surface area contributed by atoms with Crippen LogP contribution in [0.1, 0.15) is 42.3 Å². The van der Waals surface area contributed by atoms with Crippen molar-refractivity contribution in [1.82, 2.24) is 5.32 Å². The van der Waals surface area contributed by atoms with E-state index in [0.29, 0.717) is 27.5 Å². The average molecular weight is 406 g/mol. The number of benzene rings is 2. The topological polar surface area (TPSA) is 84.9 Å². The molecule has 0 atom stereocenters. The molecule has 28 heavy (non-hydrogen) atoms. The molecule has 2 rings (SSSR count). The van der Waals surface area contributed by atoms with Crippen molar-refractivity contribution in [1.29, 1.82) is 0 Å². The van der Waals surface area contributed by atoms with Gasteiger partial charge in [-0.3, -0.25) is 0 Å². The zero-order valence-electron chi connectivity index (χ0n) is 16.6. The monoisotopic (exact) mass is 405 g/mol. The Hall–Kier alpha value is -2.73. The number of aromatic carboxylic acids is 1. The molecule has 0 aliphatic heterocycles. The average Bonchev–Trinajstić information content (AvgIpc) is 2.58. The molecule has 1 amide bonds. The van der Waals surface area contributed by atoms with Crippen molar-refractivity contribution in [3.05, 3.63) is 52.0 Å². The number of amides is 1. The highest BCUT2D eigenvalue weighted by Gasteiger charge is 2.18. The van der Waals surface area contributed by atoms with Crippen molar-refractivity contribution in [3.63, 3.8) is 0 Å². The number of rotatable bonds is 5. The highest BCUT2D eigenvalue weighted by molar-refractivity contribution is 6.33. The van der Waals surface area contributed by atoms with Crippen molar-refractivity contribution in [2.45, 2.75) is 39.8 Å². The molecule has 0 radical (unpaired) electrons. The van der Waals surface area contributed by atoms with Crippen LogP contribution in [0.3, 0.4) is 0 Å². The number of carbonyl (C=O) groups excluding carboxylic acids is 1. The lowest BCUT2D eigenvalue weighted by Crippen LogP contribution is -2.32. The molecule has 6 nitrogen and oxygen atoms in total. The molecule has 150 valence electrons. The standard InChI is InChI=1S/C21H24ClNO5/c1-12-15(19(24)25)7-8-16(22)18(12)13-6-9-17(27-5)14(10-13)11-23-20(26)28-21(2,3)4/h6-10H,11H2,1-5H3,(H,23,26)(H,24,25). The van der Waals surface area contributed by atoms with Crippen molar-refractivity contribution in [3.8, 4) is 16.9 Å². The van der Waals surface area contributed by atoms with Gasteiger partial charge in [-0.15, -0.1) is 0 Å². The van der Waals surface area contributed by atoms with Crippen molar-refractivity contribution in [2.75, 3.05) is 7.11 Å². The molecule has 2 aromatic carbocycles. The predicted octanol–water partition coefficient (Wildman–Crippen LogP) is 5.05. The summed E-state index contributed by atoms with van der Waals surface area (Å²) < 4.78 is 10.6. The Bertz CT molecular complexity index is 902. The van der Waals surface area contributed by atoms with Crippen LogP contribution in [-0.2, 0) is 11.3 Å². The largest absolute Gasteiger partial charge is 0.496 e. The van der Waals surface area contributed by atoms with Gasteiger partial charge in [-0.1, -0.05) is 17.7 Å². The molecule has 2 N–H and O–H groups in total. The lowest BCUT2D eigenvalue weighted by molar-refractivity contribution is 0.0522. The molecule has 0 bridgehead atoms. The van der Waals surface area contributed by atoms with Crippen molar-refractivity contribution >= 4 is 23.7 Å². The van der Waals surface area contributed by atoms with E-state index in [2.05, 4.69) is 5.32 Å². The highest BCUT2D eigenvalue weighted by atomic mass is 35.5. The van der Waals surface area contributed by atoms with Crippen LogP contribution in [0.2, 0.25) is 5.02 Å². The summed E-state index contributed by atoms with van der Waals surface area (Å²) in [7, 11) is 1.54. The second-order valence-electron chi connectivity index (χ2n) is 7.28. The van der Waals surface area contributed by atoms with Crippen LogP contribution in [0.25, 0.3) is 11.1 Å². The molecule has 0 aliphatic rings. The van der Waals surface area contributed by atoms with E-state index in [9.17, 15) is 14.7 Å². The number of halogens is 1. The summed E-state index contributed by atoms with van der Waals surface area (Å²) in [6.45, 7) is 7.25. The van der Waals surface area contributed by atoms with E-state index < -0.39 is 17.7 Å². The second-order valence-corrected chi connectivity index (χ2v) is 7.69. The molecule has 0 heterocycles. The first kappa shape index (κ1) is 21.6. The number of methoxy groups -OCH3 is 1. The maximum absolute atomic E-state index is 12.0. The molecule has 0 aromatic heterocycles. The number of carboxylic acid groups (broad SMARTS) is 1. The Kier molecular flexibility index (Phi) is 6.56. The number of carbonyl (C=O) groups is 2. The minimum atomic E-state index is -1.02. The smallest absolute Gasteiger partial charge is 0.407 e. The normalized spacial score (nSPS) is 11.1. The highest BCUT2D eigenvalue weighted by Crippen LogP contribution is 2.35. The van der Waals surface area contributed by atoms with Crippen LogP contribution in [-0.4, -0.2) is 29.9 Å². The quantitative estimate of drug-likeness (QED) is 0.727. The van der Waals surface area contributed by atoms with E-state index in [0.717, 1.165) is 5.56 Å². The fourth-order valence-electron chi connectivity index (χ4n) is 2.82. The molecule has 7 heteroatoms. The van der Waals surface area contributed by atoms with Crippen LogP contribution in [0.5, 0.6) is 5.75 Å². The summed E-state index contributed by atoms with van der Waals surface area (Å²) in [6.07, 6.45) is -0.540. The molecular weight excluding hydrogens is 382 g/mol. The summed E-state index contributed by atoms with van der Waals surface area (Å²) >= 11 is 6.35. The number of hydrogen-bond donors (Lipinski definition) is 2. The number of nitrogens with one attached hydrogen (secondary N) is 1. The number of carboxylic acids is 1. The Morgan fingerprint density at radius 1 is 1.18 bits per heavy atom. The molecule has 0 saturated heterocycles. The van der Waals surface area contributed by atoms with Gasteiger partial charge >= 0.3 is 12.1 Å². The Balaban J connectivity index is 2.39. The van der Waals surface area contributed by atoms with E-state index in [-0.39, 0.29) is 12.1 Å². The van der Waals surface area contributed by atoms with Gasteiger partial charge < -0.3 is 19.9 Å². The van der Waals surface area contributed by atoms with Crippen LogP contribution in [0.4, 0.5) is 4.79 Å². The van der Waals surface area contributed by atoms with Gasteiger partial charge in [0.15, 0.2) is 0 Å². The number of alkyl carbamates (subject to hydrolysis) is 1. The van der Waals surface area contributed by atoms with Gasteiger partial charge in [0.05, 0.1) is 12.7 Å². The van der Waals surface area contributed by atoms with Gasteiger partial charge in [0, 0.05) is 22.7 Å². The zero-order chi connectivity index (χ0) is 21.1. The number of ether oxygens (including phenoxy) is 2. The summed E-state index contributed by atoms with van der Waals surface area (Å²) in [5.41, 5.74) is 2.22. The lowest BCUT2D eigenvalue weighted by atomic mass is 9.95.